The molecule has 3 aromatic rings. The summed E-state index contributed by atoms with van der Waals surface area (Å²) in [5, 5.41) is 3.29. The highest BCUT2D eigenvalue weighted by atomic mass is 35.5. The van der Waals surface area contributed by atoms with E-state index in [1.165, 1.54) is 0 Å². The van der Waals surface area contributed by atoms with Crippen molar-refractivity contribution >= 4 is 35.0 Å². The molecule has 0 fully saturated rings. The van der Waals surface area contributed by atoms with E-state index >= 15 is 0 Å². The first-order valence-corrected chi connectivity index (χ1v) is 9.19. The predicted octanol–water partition coefficient (Wildman–Crippen LogP) is 3.60. The Balaban J connectivity index is 1.51. The molecule has 0 unspecified atom stereocenters. The average Bonchev–Trinajstić information content (AvgIpc) is 2.74. The fourth-order valence-electron chi connectivity index (χ4n) is 2.53. The minimum absolute atomic E-state index is 0.163. The molecule has 3 aromatic carbocycles. The lowest BCUT2D eigenvalue weighted by Crippen LogP contribution is -2.42. The van der Waals surface area contributed by atoms with Gasteiger partial charge in [0.1, 0.15) is 0 Å². The van der Waals surface area contributed by atoms with Crippen molar-refractivity contribution in [3.63, 3.8) is 0 Å². The topological polar surface area (TPSA) is 87.3 Å². The van der Waals surface area contributed by atoms with Crippen LogP contribution >= 0.6 is 11.6 Å². The minimum Gasteiger partial charge on any atom is -0.322 e. The number of carbonyl (C=O) groups is 3. The van der Waals surface area contributed by atoms with Crippen LogP contribution in [-0.2, 0) is 11.2 Å². The van der Waals surface area contributed by atoms with Crippen LogP contribution in [0.1, 0.15) is 26.3 Å². The minimum atomic E-state index is -0.456. The summed E-state index contributed by atoms with van der Waals surface area (Å²) in [7, 11) is 0. The van der Waals surface area contributed by atoms with Gasteiger partial charge < -0.3 is 5.32 Å². The molecule has 3 amide bonds. The van der Waals surface area contributed by atoms with Crippen LogP contribution in [0.5, 0.6) is 0 Å². The predicted molar refractivity (Wildman–Crippen MR) is 112 cm³/mol. The second-order valence-electron chi connectivity index (χ2n) is 6.20. The zero-order chi connectivity index (χ0) is 20.6. The summed E-state index contributed by atoms with van der Waals surface area (Å²) in [5.74, 6) is -1.06. The first-order chi connectivity index (χ1) is 14.0. The lowest BCUT2D eigenvalue weighted by Gasteiger charge is -2.09. The van der Waals surface area contributed by atoms with Crippen LogP contribution in [0.4, 0.5) is 5.69 Å². The van der Waals surface area contributed by atoms with Gasteiger partial charge in [-0.05, 0) is 54.1 Å². The molecule has 0 saturated heterocycles. The Labute approximate surface area is 172 Å². The van der Waals surface area contributed by atoms with Gasteiger partial charge in [-0.1, -0.05) is 41.9 Å². The number of hydrogen-bond donors (Lipinski definition) is 3. The first-order valence-electron chi connectivity index (χ1n) is 8.81. The fraction of sp³-hybridized carbons (Fsp3) is 0.0455. The Kier molecular flexibility index (Phi) is 6.60. The largest absolute Gasteiger partial charge is 0.322 e. The molecule has 3 N–H and O–H groups in total. The highest BCUT2D eigenvalue weighted by molar-refractivity contribution is 6.30. The third-order valence-electron chi connectivity index (χ3n) is 4.03. The smallest absolute Gasteiger partial charge is 0.269 e. The number of benzene rings is 3. The highest BCUT2D eigenvalue weighted by Gasteiger charge is 2.10. The Bertz CT molecular complexity index is 1000. The quantitative estimate of drug-likeness (QED) is 0.565. The molecule has 0 atom stereocenters. The van der Waals surface area contributed by atoms with Crippen molar-refractivity contribution in [2.75, 3.05) is 5.32 Å². The van der Waals surface area contributed by atoms with Crippen LogP contribution in [-0.4, -0.2) is 17.7 Å². The highest BCUT2D eigenvalue weighted by Crippen LogP contribution is 2.13. The number of amides is 3. The first kappa shape index (κ1) is 20.1. The van der Waals surface area contributed by atoms with Crippen molar-refractivity contribution in [2.24, 2.45) is 0 Å². The van der Waals surface area contributed by atoms with Crippen LogP contribution in [0, 0.1) is 0 Å². The summed E-state index contributed by atoms with van der Waals surface area (Å²) in [6.45, 7) is 0. The van der Waals surface area contributed by atoms with E-state index in [4.69, 9.17) is 11.6 Å². The zero-order valence-corrected chi connectivity index (χ0v) is 16.1. The molecule has 146 valence electrons. The Morgan fingerprint density at radius 2 is 1.28 bits per heavy atom. The third-order valence-corrected chi connectivity index (χ3v) is 4.29. The zero-order valence-electron chi connectivity index (χ0n) is 15.3. The van der Waals surface area contributed by atoms with Crippen LogP contribution in [0.25, 0.3) is 0 Å². The van der Waals surface area contributed by atoms with Crippen molar-refractivity contribution < 1.29 is 14.4 Å². The molecule has 6 nitrogen and oxygen atoms in total. The van der Waals surface area contributed by atoms with Crippen LogP contribution in [0.2, 0.25) is 5.02 Å². The summed E-state index contributed by atoms with van der Waals surface area (Å²) in [4.78, 5) is 36.3. The number of rotatable bonds is 5. The molecule has 0 aliphatic heterocycles. The van der Waals surface area contributed by atoms with E-state index in [0.717, 1.165) is 5.56 Å². The summed E-state index contributed by atoms with van der Waals surface area (Å²) < 4.78 is 0. The van der Waals surface area contributed by atoms with Gasteiger partial charge in [-0.2, -0.15) is 0 Å². The van der Waals surface area contributed by atoms with Gasteiger partial charge in [0.2, 0.25) is 5.91 Å². The maximum absolute atomic E-state index is 12.2. The Morgan fingerprint density at radius 1 is 0.690 bits per heavy atom. The Morgan fingerprint density at radius 3 is 1.93 bits per heavy atom. The van der Waals surface area contributed by atoms with Crippen molar-refractivity contribution in [3.05, 3.63) is 101 Å². The van der Waals surface area contributed by atoms with E-state index in [0.29, 0.717) is 21.8 Å². The maximum Gasteiger partial charge on any atom is 0.269 e. The fourth-order valence-corrected chi connectivity index (χ4v) is 2.66. The molecule has 7 heteroatoms. The number of nitrogens with one attached hydrogen (secondary N) is 3. The van der Waals surface area contributed by atoms with Gasteiger partial charge in [-0.25, -0.2) is 0 Å². The van der Waals surface area contributed by atoms with E-state index in [9.17, 15) is 14.4 Å². The van der Waals surface area contributed by atoms with E-state index in [2.05, 4.69) is 16.2 Å². The average molecular weight is 408 g/mol. The SMILES string of the molecule is O=C(Cc1ccccc1)NNC(=O)c1ccc(NC(=O)c2ccc(Cl)cc2)cc1. The summed E-state index contributed by atoms with van der Waals surface area (Å²) in [6, 6.07) is 22.0. The van der Waals surface area contributed by atoms with Gasteiger partial charge >= 0.3 is 0 Å². The second kappa shape index (κ2) is 9.52. The molecule has 0 aromatic heterocycles. The number of hydrogen-bond acceptors (Lipinski definition) is 3. The van der Waals surface area contributed by atoms with Crippen LogP contribution < -0.4 is 16.2 Å². The lowest BCUT2D eigenvalue weighted by atomic mass is 10.1. The molecule has 0 saturated carbocycles. The molecule has 0 aliphatic carbocycles. The normalized spacial score (nSPS) is 10.1. The number of hydrazine groups is 1. The molecule has 0 heterocycles. The van der Waals surface area contributed by atoms with Crippen LogP contribution in [0.15, 0.2) is 78.9 Å². The molecular weight excluding hydrogens is 390 g/mol. The summed E-state index contributed by atoms with van der Waals surface area (Å²) in [5.41, 5.74) is 6.95. The molecule has 3 rings (SSSR count). The summed E-state index contributed by atoms with van der Waals surface area (Å²) in [6.07, 6.45) is 0.163. The van der Waals surface area contributed by atoms with Crippen molar-refractivity contribution in [1.82, 2.24) is 10.9 Å². The van der Waals surface area contributed by atoms with E-state index < -0.39 is 5.91 Å². The lowest BCUT2D eigenvalue weighted by molar-refractivity contribution is -0.121. The van der Waals surface area contributed by atoms with Gasteiger partial charge in [-0.15, -0.1) is 0 Å². The van der Waals surface area contributed by atoms with Gasteiger partial charge in [0, 0.05) is 21.8 Å². The van der Waals surface area contributed by atoms with Crippen molar-refractivity contribution in [2.45, 2.75) is 6.42 Å². The molecule has 0 spiro atoms. The number of halogens is 1. The molecule has 0 radical (unpaired) electrons. The van der Waals surface area contributed by atoms with Crippen LogP contribution in [0.3, 0.4) is 0 Å². The second-order valence-corrected chi connectivity index (χ2v) is 6.64. The van der Waals surface area contributed by atoms with Gasteiger partial charge in [-0.3, -0.25) is 25.2 Å². The van der Waals surface area contributed by atoms with Gasteiger partial charge in [0.15, 0.2) is 0 Å². The van der Waals surface area contributed by atoms with E-state index in [-0.39, 0.29) is 18.2 Å². The van der Waals surface area contributed by atoms with Crippen molar-refractivity contribution in [3.8, 4) is 0 Å². The van der Waals surface area contributed by atoms with Crippen molar-refractivity contribution in [1.29, 1.82) is 0 Å². The van der Waals surface area contributed by atoms with E-state index in [1.807, 2.05) is 30.3 Å². The van der Waals surface area contributed by atoms with E-state index in [1.54, 1.807) is 48.5 Å². The molecule has 29 heavy (non-hydrogen) atoms. The summed E-state index contributed by atoms with van der Waals surface area (Å²) >= 11 is 5.81. The maximum atomic E-state index is 12.2. The monoisotopic (exact) mass is 407 g/mol. The number of carbonyl (C=O) groups excluding carboxylic acids is 3. The van der Waals surface area contributed by atoms with Gasteiger partial charge in [0.05, 0.1) is 6.42 Å². The third kappa shape index (κ3) is 5.92. The molecule has 0 bridgehead atoms. The molecule has 0 aliphatic rings. The number of anilines is 1. The standard InChI is InChI=1S/C22H18ClN3O3/c23-18-10-6-16(7-11-18)21(28)24-19-12-8-17(9-13-19)22(29)26-25-20(27)14-15-4-2-1-3-5-15/h1-13H,14H2,(H,24,28)(H,25,27)(H,26,29). The molecular formula is C22H18ClN3O3. The van der Waals surface area contributed by atoms with Gasteiger partial charge in [0.25, 0.3) is 11.8 Å². The Hall–Kier alpha value is -3.64.